The van der Waals surface area contributed by atoms with Crippen molar-refractivity contribution in [1.82, 2.24) is 5.16 Å². The van der Waals surface area contributed by atoms with E-state index in [2.05, 4.69) is 5.16 Å². The second-order valence-corrected chi connectivity index (χ2v) is 2.28. The summed E-state index contributed by atoms with van der Waals surface area (Å²) >= 11 is 5.48. The van der Waals surface area contributed by atoms with Crippen LogP contribution in [0.1, 0.15) is 23.0 Å². The lowest BCUT2D eigenvalue weighted by atomic mass is 10.3. The first-order chi connectivity index (χ1) is 5.79. The van der Waals surface area contributed by atoms with Gasteiger partial charge in [-0.25, -0.2) is 4.79 Å². The van der Waals surface area contributed by atoms with Gasteiger partial charge in [-0.1, -0.05) is 5.16 Å². The summed E-state index contributed by atoms with van der Waals surface area (Å²) in [6, 6.07) is 0. The van der Waals surface area contributed by atoms with Gasteiger partial charge in [-0.2, -0.15) is 0 Å². The fraction of sp³-hybridized carbons (Fsp3) is 0.429. The van der Waals surface area contributed by atoms with Gasteiger partial charge < -0.3 is 9.26 Å². The number of carbonyl (C=O) groups excluding carboxylic acids is 1. The lowest BCUT2D eigenvalue weighted by molar-refractivity contribution is 0.0524. The summed E-state index contributed by atoms with van der Waals surface area (Å²) in [5.41, 5.74) is 0.298. The average molecular weight is 190 g/mol. The SMILES string of the molecule is CCOC(=O)c1cnoc1CCl. The topological polar surface area (TPSA) is 52.3 Å². The maximum atomic E-state index is 11.1. The highest BCUT2D eigenvalue weighted by Crippen LogP contribution is 2.11. The van der Waals surface area contributed by atoms with Crippen molar-refractivity contribution in [3.8, 4) is 0 Å². The fourth-order valence-corrected chi connectivity index (χ4v) is 0.928. The summed E-state index contributed by atoms with van der Waals surface area (Å²) < 4.78 is 9.43. The number of ether oxygens (including phenoxy) is 1. The summed E-state index contributed by atoms with van der Waals surface area (Å²) in [6.07, 6.45) is 1.30. The second kappa shape index (κ2) is 4.11. The van der Waals surface area contributed by atoms with Crippen LogP contribution >= 0.6 is 11.6 Å². The Labute approximate surface area is 74.4 Å². The van der Waals surface area contributed by atoms with E-state index in [9.17, 15) is 4.79 Å². The molecule has 0 spiro atoms. The van der Waals surface area contributed by atoms with Gasteiger partial charge in [0.1, 0.15) is 5.56 Å². The molecule has 0 aliphatic heterocycles. The number of hydrogen-bond acceptors (Lipinski definition) is 4. The molecule has 66 valence electrons. The van der Waals surface area contributed by atoms with E-state index in [4.69, 9.17) is 20.9 Å². The average Bonchev–Trinajstić information content (AvgIpc) is 2.51. The van der Waals surface area contributed by atoms with Gasteiger partial charge in [0.15, 0.2) is 5.76 Å². The molecule has 0 N–H and O–H groups in total. The van der Waals surface area contributed by atoms with Crippen LogP contribution in [-0.4, -0.2) is 17.7 Å². The molecular formula is C7H8ClNO3. The van der Waals surface area contributed by atoms with Gasteiger partial charge in [0, 0.05) is 0 Å². The van der Waals surface area contributed by atoms with Gasteiger partial charge in [-0.3, -0.25) is 0 Å². The molecule has 1 heterocycles. The van der Waals surface area contributed by atoms with E-state index >= 15 is 0 Å². The first kappa shape index (κ1) is 9.06. The van der Waals surface area contributed by atoms with Crippen LogP contribution < -0.4 is 0 Å². The highest BCUT2D eigenvalue weighted by molar-refractivity contribution is 6.17. The molecule has 4 nitrogen and oxygen atoms in total. The molecule has 0 unspecified atom stereocenters. The van der Waals surface area contributed by atoms with E-state index in [-0.39, 0.29) is 5.88 Å². The minimum absolute atomic E-state index is 0.119. The molecule has 0 aromatic carbocycles. The Bertz CT molecular complexity index is 271. The number of halogens is 1. The second-order valence-electron chi connectivity index (χ2n) is 2.02. The smallest absolute Gasteiger partial charge is 0.343 e. The zero-order valence-corrected chi connectivity index (χ0v) is 7.30. The number of aromatic nitrogens is 1. The van der Waals surface area contributed by atoms with E-state index in [0.29, 0.717) is 17.9 Å². The Hall–Kier alpha value is -1.03. The standard InChI is InChI=1S/C7H8ClNO3/c1-2-11-7(10)5-4-9-12-6(5)3-8/h4H,2-3H2,1H3. The Morgan fingerprint density at radius 2 is 2.58 bits per heavy atom. The van der Waals surface area contributed by atoms with Crippen molar-refractivity contribution in [1.29, 1.82) is 0 Å². The molecule has 1 rings (SSSR count). The minimum Gasteiger partial charge on any atom is -0.462 e. The van der Waals surface area contributed by atoms with Gasteiger partial charge in [0.25, 0.3) is 0 Å². The molecule has 0 saturated heterocycles. The predicted molar refractivity (Wildman–Crippen MR) is 42.0 cm³/mol. The van der Waals surface area contributed by atoms with Gasteiger partial charge in [-0.15, -0.1) is 11.6 Å². The van der Waals surface area contributed by atoms with Crippen LogP contribution in [0.25, 0.3) is 0 Å². The van der Waals surface area contributed by atoms with Crippen molar-refractivity contribution in [2.45, 2.75) is 12.8 Å². The van der Waals surface area contributed by atoms with Gasteiger partial charge in [0.2, 0.25) is 0 Å². The highest BCUT2D eigenvalue weighted by atomic mass is 35.5. The third kappa shape index (κ3) is 1.76. The molecule has 5 heteroatoms. The number of nitrogens with zero attached hydrogens (tertiary/aromatic N) is 1. The van der Waals surface area contributed by atoms with Crippen LogP contribution in [-0.2, 0) is 10.6 Å². The predicted octanol–water partition coefficient (Wildman–Crippen LogP) is 1.59. The third-order valence-corrected chi connectivity index (χ3v) is 1.50. The molecule has 0 radical (unpaired) electrons. The monoisotopic (exact) mass is 189 g/mol. The quantitative estimate of drug-likeness (QED) is 0.535. The minimum atomic E-state index is -0.450. The van der Waals surface area contributed by atoms with Gasteiger partial charge in [-0.05, 0) is 6.92 Å². The molecule has 12 heavy (non-hydrogen) atoms. The fourth-order valence-electron chi connectivity index (χ4n) is 0.736. The van der Waals surface area contributed by atoms with E-state index in [1.807, 2.05) is 0 Å². The van der Waals surface area contributed by atoms with E-state index in [0.717, 1.165) is 0 Å². The summed E-state index contributed by atoms with van der Waals surface area (Å²) in [6.45, 7) is 2.05. The molecule has 1 aromatic heterocycles. The zero-order chi connectivity index (χ0) is 8.97. The number of alkyl halides is 1. The summed E-state index contributed by atoms with van der Waals surface area (Å²) in [7, 11) is 0. The highest BCUT2D eigenvalue weighted by Gasteiger charge is 2.15. The van der Waals surface area contributed by atoms with E-state index in [1.165, 1.54) is 6.20 Å². The van der Waals surface area contributed by atoms with Crippen molar-refractivity contribution in [2.24, 2.45) is 0 Å². The Kier molecular flexibility index (Phi) is 3.10. The number of rotatable bonds is 3. The van der Waals surface area contributed by atoms with Crippen LogP contribution in [0.5, 0.6) is 0 Å². The summed E-state index contributed by atoms with van der Waals surface area (Å²) in [4.78, 5) is 11.1. The summed E-state index contributed by atoms with van der Waals surface area (Å²) in [5, 5.41) is 3.44. The van der Waals surface area contributed by atoms with Crippen molar-refractivity contribution >= 4 is 17.6 Å². The lowest BCUT2D eigenvalue weighted by Gasteiger charge is -1.97. The Balaban J connectivity index is 2.79. The maximum Gasteiger partial charge on any atom is 0.343 e. The summed E-state index contributed by atoms with van der Waals surface area (Å²) in [5.74, 6) is 0.0123. The normalized spacial score (nSPS) is 9.83. The van der Waals surface area contributed by atoms with Crippen molar-refractivity contribution in [2.75, 3.05) is 6.61 Å². The number of carbonyl (C=O) groups is 1. The van der Waals surface area contributed by atoms with Gasteiger partial charge in [0.05, 0.1) is 18.7 Å². The van der Waals surface area contributed by atoms with Gasteiger partial charge >= 0.3 is 5.97 Å². The molecule has 0 atom stereocenters. The van der Waals surface area contributed by atoms with Crippen LogP contribution in [0.4, 0.5) is 0 Å². The Morgan fingerprint density at radius 1 is 1.83 bits per heavy atom. The molecule has 0 bridgehead atoms. The third-order valence-electron chi connectivity index (χ3n) is 1.26. The van der Waals surface area contributed by atoms with Crippen LogP contribution in [0, 0.1) is 0 Å². The molecular weight excluding hydrogens is 182 g/mol. The number of esters is 1. The van der Waals surface area contributed by atoms with Crippen molar-refractivity contribution in [3.63, 3.8) is 0 Å². The van der Waals surface area contributed by atoms with E-state index < -0.39 is 5.97 Å². The first-order valence-electron chi connectivity index (χ1n) is 3.46. The molecule has 0 fully saturated rings. The first-order valence-corrected chi connectivity index (χ1v) is 3.99. The number of hydrogen-bond donors (Lipinski definition) is 0. The van der Waals surface area contributed by atoms with Crippen LogP contribution in [0.3, 0.4) is 0 Å². The van der Waals surface area contributed by atoms with E-state index in [1.54, 1.807) is 6.92 Å². The largest absolute Gasteiger partial charge is 0.462 e. The van der Waals surface area contributed by atoms with Crippen LogP contribution in [0.2, 0.25) is 0 Å². The maximum absolute atomic E-state index is 11.1. The van der Waals surface area contributed by atoms with Crippen molar-refractivity contribution < 1.29 is 14.1 Å². The zero-order valence-electron chi connectivity index (χ0n) is 6.54. The molecule has 0 amide bonds. The molecule has 0 aliphatic carbocycles. The molecule has 0 saturated carbocycles. The Morgan fingerprint density at radius 3 is 3.17 bits per heavy atom. The molecule has 1 aromatic rings. The lowest BCUT2D eigenvalue weighted by Crippen LogP contribution is -2.05. The van der Waals surface area contributed by atoms with Crippen LogP contribution in [0.15, 0.2) is 10.7 Å². The van der Waals surface area contributed by atoms with Crippen molar-refractivity contribution in [3.05, 3.63) is 17.5 Å². The molecule has 0 aliphatic rings.